The van der Waals surface area contributed by atoms with Crippen LogP contribution in [0.2, 0.25) is 0 Å². The summed E-state index contributed by atoms with van der Waals surface area (Å²) in [6, 6.07) is 0. The molecule has 0 amide bonds. The van der Waals surface area contributed by atoms with Crippen LogP contribution < -0.4 is 0 Å². The lowest BCUT2D eigenvalue weighted by Crippen LogP contribution is -2.17. The van der Waals surface area contributed by atoms with Crippen molar-refractivity contribution in [3.05, 3.63) is 10.6 Å². The summed E-state index contributed by atoms with van der Waals surface area (Å²) in [4.78, 5) is 11.0. The lowest BCUT2D eigenvalue weighted by atomic mass is 9.84. The number of carbonyl (C=O) groups excluding carboxylic acids is 1. The number of allylic oxidation sites excluding steroid dienone is 1. The first-order valence-corrected chi connectivity index (χ1v) is 5.31. The molecule has 0 radical (unpaired) electrons. The topological polar surface area (TPSA) is 17.1 Å². The van der Waals surface area contributed by atoms with Crippen LogP contribution in [-0.2, 0) is 4.79 Å². The smallest absolute Gasteiger partial charge is 0.126 e. The van der Waals surface area contributed by atoms with E-state index in [-0.39, 0.29) is 9.91 Å². The third-order valence-corrected chi connectivity index (χ3v) is 3.11. The normalized spacial score (nSPS) is 33.0. The molecule has 0 aromatic rings. The summed E-state index contributed by atoms with van der Waals surface area (Å²) in [7, 11) is 0. The summed E-state index contributed by atoms with van der Waals surface area (Å²) in [5.74, 6) is 0.646. The van der Waals surface area contributed by atoms with Crippen LogP contribution in [0.5, 0.6) is 0 Å². The first-order chi connectivity index (χ1) is 6.08. The van der Waals surface area contributed by atoms with Crippen LogP contribution in [0.4, 0.5) is 0 Å². The Morgan fingerprint density at radius 2 is 2.31 bits per heavy atom. The molecule has 74 valence electrons. The summed E-state index contributed by atoms with van der Waals surface area (Å²) in [5, 5.41) is 0. The molecular weight excluding hydrogens is 207 g/mol. The van der Waals surface area contributed by atoms with E-state index in [4.69, 9.17) is 23.2 Å². The van der Waals surface area contributed by atoms with Gasteiger partial charge in [0.05, 0.1) is 0 Å². The Morgan fingerprint density at radius 3 is 2.69 bits per heavy atom. The van der Waals surface area contributed by atoms with Crippen LogP contribution in [-0.4, -0.2) is 6.29 Å². The minimum atomic E-state index is -0.186. The molecule has 1 saturated carbocycles. The second-order valence-electron chi connectivity index (χ2n) is 4.03. The average Bonchev–Trinajstić information content (AvgIpc) is 2.45. The van der Waals surface area contributed by atoms with E-state index >= 15 is 0 Å². The number of hydrogen-bond acceptors (Lipinski definition) is 1. The highest BCUT2D eigenvalue weighted by atomic mass is 35.5. The largest absolute Gasteiger partial charge is 0.303 e. The lowest BCUT2D eigenvalue weighted by Gasteiger charge is -2.19. The third-order valence-electron chi connectivity index (χ3n) is 2.80. The maximum atomic E-state index is 11.0. The van der Waals surface area contributed by atoms with E-state index in [1.807, 2.05) is 0 Å². The van der Waals surface area contributed by atoms with Gasteiger partial charge < -0.3 is 4.79 Å². The molecule has 3 heteroatoms. The molecule has 0 aromatic heterocycles. The van der Waals surface area contributed by atoms with Gasteiger partial charge in [0.15, 0.2) is 0 Å². The van der Waals surface area contributed by atoms with Crippen LogP contribution in [0.15, 0.2) is 10.6 Å². The highest BCUT2D eigenvalue weighted by Gasteiger charge is 2.36. The molecule has 0 spiro atoms. The molecule has 1 nitrogen and oxygen atoms in total. The minimum absolute atomic E-state index is 0.186. The molecule has 1 aliphatic carbocycles. The second-order valence-corrected chi connectivity index (χ2v) is 5.03. The standard InChI is InChI=1S/C10H14Cl2O/c1-8-2-4-10(6-8,7-13)5-3-9(11)12/h3,7-8H,2,4-6H2,1H3. The second kappa shape index (κ2) is 4.47. The highest BCUT2D eigenvalue weighted by molar-refractivity contribution is 6.55. The Balaban J connectivity index is 2.61. The van der Waals surface area contributed by atoms with Gasteiger partial charge in [-0.25, -0.2) is 0 Å². The molecule has 2 atom stereocenters. The predicted octanol–water partition coefficient (Wildman–Crippen LogP) is 3.70. The van der Waals surface area contributed by atoms with Gasteiger partial charge in [-0.05, 0) is 31.6 Å². The molecule has 0 aliphatic heterocycles. The summed E-state index contributed by atoms with van der Waals surface area (Å²) in [5.41, 5.74) is -0.186. The first-order valence-electron chi connectivity index (χ1n) is 4.55. The Hall–Kier alpha value is -0.0100. The van der Waals surface area contributed by atoms with Gasteiger partial charge in [-0.3, -0.25) is 0 Å². The molecule has 0 N–H and O–H groups in total. The van der Waals surface area contributed by atoms with Crippen LogP contribution >= 0.6 is 23.2 Å². The molecule has 1 rings (SSSR count). The van der Waals surface area contributed by atoms with Gasteiger partial charge in [-0.1, -0.05) is 36.2 Å². The Kier molecular flexibility index (Phi) is 3.81. The molecule has 13 heavy (non-hydrogen) atoms. The summed E-state index contributed by atoms with van der Waals surface area (Å²) in [6.07, 6.45) is 6.55. The van der Waals surface area contributed by atoms with Gasteiger partial charge in [0, 0.05) is 5.41 Å². The van der Waals surface area contributed by atoms with E-state index in [1.165, 1.54) is 0 Å². The SMILES string of the molecule is CC1CCC(C=O)(CC=C(Cl)Cl)C1. The van der Waals surface area contributed by atoms with Crippen molar-refractivity contribution in [3.8, 4) is 0 Å². The Bertz CT molecular complexity index is 221. The quantitative estimate of drug-likeness (QED) is 0.664. The number of carbonyl (C=O) groups is 1. The summed E-state index contributed by atoms with van der Waals surface area (Å²) in [6.45, 7) is 2.18. The molecule has 0 aromatic carbocycles. The molecule has 1 aliphatic rings. The van der Waals surface area contributed by atoms with Crippen LogP contribution in [0, 0.1) is 11.3 Å². The van der Waals surface area contributed by atoms with Crippen LogP contribution in [0.3, 0.4) is 0 Å². The molecular formula is C10H14Cl2O. The molecule has 0 saturated heterocycles. The van der Waals surface area contributed by atoms with Gasteiger partial charge in [-0.2, -0.15) is 0 Å². The predicted molar refractivity (Wildman–Crippen MR) is 55.9 cm³/mol. The fourth-order valence-electron chi connectivity index (χ4n) is 2.05. The maximum absolute atomic E-state index is 11.0. The van der Waals surface area contributed by atoms with E-state index in [0.717, 1.165) is 25.5 Å². The van der Waals surface area contributed by atoms with E-state index in [9.17, 15) is 4.79 Å². The highest BCUT2D eigenvalue weighted by Crippen LogP contribution is 2.43. The van der Waals surface area contributed by atoms with E-state index in [0.29, 0.717) is 12.3 Å². The summed E-state index contributed by atoms with van der Waals surface area (Å²) >= 11 is 11.0. The first kappa shape index (κ1) is 11.1. The number of aldehydes is 1. The van der Waals surface area contributed by atoms with Gasteiger partial charge in [0.1, 0.15) is 10.8 Å². The van der Waals surface area contributed by atoms with Crippen molar-refractivity contribution in [3.63, 3.8) is 0 Å². The third kappa shape index (κ3) is 2.99. The number of rotatable bonds is 3. The van der Waals surface area contributed by atoms with E-state index in [2.05, 4.69) is 6.92 Å². The summed E-state index contributed by atoms with van der Waals surface area (Å²) < 4.78 is 0.265. The fourth-order valence-corrected chi connectivity index (χ4v) is 2.21. The lowest BCUT2D eigenvalue weighted by molar-refractivity contribution is -0.115. The van der Waals surface area contributed by atoms with Crippen molar-refractivity contribution in [1.29, 1.82) is 0 Å². The zero-order valence-electron chi connectivity index (χ0n) is 7.72. The van der Waals surface area contributed by atoms with Crippen molar-refractivity contribution in [2.24, 2.45) is 11.3 Å². The number of halogens is 2. The van der Waals surface area contributed by atoms with Crippen molar-refractivity contribution in [2.45, 2.75) is 32.6 Å². The van der Waals surface area contributed by atoms with Gasteiger partial charge in [0.25, 0.3) is 0 Å². The Morgan fingerprint density at radius 1 is 1.62 bits per heavy atom. The van der Waals surface area contributed by atoms with Gasteiger partial charge in [-0.15, -0.1) is 0 Å². The van der Waals surface area contributed by atoms with Crippen molar-refractivity contribution >= 4 is 29.5 Å². The zero-order chi connectivity index (χ0) is 9.90. The minimum Gasteiger partial charge on any atom is -0.303 e. The number of hydrogen-bond donors (Lipinski definition) is 0. The average molecular weight is 221 g/mol. The van der Waals surface area contributed by atoms with E-state index < -0.39 is 0 Å². The molecule has 1 fully saturated rings. The zero-order valence-corrected chi connectivity index (χ0v) is 9.24. The Labute approximate surface area is 89.1 Å². The fraction of sp³-hybridized carbons (Fsp3) is 0.700. The van der Waals surface area contributed by atoms with Crippen LogP contribution in [0.1, 0.15) is 32.6 Å². The van der Waals surface area contributed by atoms with Crippen LogP contribution in [0.25, 0.3) is 0 Å². The molecule has 0 bridgehead atoms. The van der Waals surface area contributed by atoms with Gasteiger partial charge >= 0.3 is 0 Å². The van der Waals surface area contributed by atoms with E-state index in [1.54, 1.807) is 6.08 Å². The van der Waals surface area contributed by atoms with Crippen molar-refractivity contribution in [1.82, 2.24) is 0 Å². The van der Waals surface area contributed by atoms with Gasteiger partial charge in [0.2, 0.25) is 0 Å². The molecule has 0 heterocycles. The van der Waals surface area contributed by atoms with Crippen molar-refractivity contribution in [2.75, 3.05) is 0 Å². The van der Waals surface area contributed by atoms with Crippen molar-refractivity contribution < 1.29 is 4.79 Å². The molecule has 2 unspecified atom stereocenters. The monoisotopic (exact) mass is 220 g/mol. The maximum Gasteiger partial charge on any atom is 0.126 e.